The molecule has 10 heteroatoms. The molecule has 0 aromatic heterocycles. The van der Waals surface area contributed by atoms with Gasteiger partial charge in [-0.15, -0.1) is 0 Å². The Morgan fingerprint density at radius 2 is 1.80 bits per heavy atom. The SMILES string of the molecule is COc1c(Cl)cc(Cl)cc1C=CC(=O)N1CCN(c2ccc([N+](=O)[O-])cc2Cl)CC1. The van der Waals surface area contributed by atoms with Crippen molar-refractivity contribution in [1.82, 2.24) is 4.90 Å². The van der Waals surface area contributed by atoms with Crippen LogP contribution in [-0.2, 0) is 4.79 Å². The van der Waals surface area contributed by atoms with Gasteiger partial charge in [-0.05, 0) is 24.3 Å². The molecule has 1 heterocycles. The van der Waals surface area contributed by atoms with E-state index in [2.05, 4.69) is 0 Å². The van der Waals surface area contributed by atoms with Gasteiger partial charge in [0.25, 0.3) is 5.69 Å². The maximum atomic E-state index is 12.6. The Kier molecular flexibility index (Phi) is 7.07. The number of halogens is 3. The van der Waals surface area contributed by atoms with Gasteiger partial charge in [-0.2, -0.15) is 0 Å². The highest BCUT2D eigenvalue weighted by atomic mass is 35.5. The highest BCUT2D eigenvalue weighted by molar-refractivity contribution is 6.36. The fourth-order valence-corrected chi connectivity index (χ4v) is 4.10. The second kappa shape index (κ2) is 9.55. The maximum Gasteiger partial charge on any atom is 0.271 e. The third kappa shape index (κ3) is 4.98. The van der Waals surface area contributed by atoms with Crippen molar-refractivity contribution in [2.75, 3.05) is 38.2 Å². The van der Waals surface area contributed by atoms with E-state index in [0.29, 0.717) is 58.2 Å². The molecule has 30 heavy (non-hydrogen) atoms. The summed E-state index contributed by atoms with van der Waals surface area (Å²) in [4.78, 5) is 26.7. The van der Waals surface area contributed by atoms with E-state index in [1.165, 1.54) is 25.3 Å². The molecule has 0 N–H and O–H groups in total. The van der Waals surface area contributed by atoms with Crippen molar-refractivity contribution in [2.24, 2.45) is 0 Å². The molecule has 0 aliphatic carbocycles. The van der Waals surface area contributed by atoms with Gasteiger partial charge in [0, 0.05) is 55.0 Å². The van der Waals surface area contributed by atoms with Crippen LogP contribution in [0, 0.1) is 10.1 Å². The van der Waals surface area contributed by atoms with Crippen molar-refractivity contribution in [2.45, 2.75) is 0 Å². The van der Waals surface area contributed by atoms with E-state index in [4.69, 9.17) is 39.5 Å². The number of carbonyl (C=O) groups excluding carboxylic acids is 1. The van der Waals surface area contributed by atoms with Crippen LogP contribution in [0.3, 0.4) is 0 Å². The number of carbonyl (C=O) groups is 1. The summed E-state index contributed by atoms with van der Waals surface area (Å²) < 4.78 is 5.28. The molecule has 0 spiro atoms. The van der Waals surface area contributed by atoms with E-state index >= 15 is 0 Å². The van der Waals surface area contributed by atoms with Crippen molar-refractivity contribution in [3.8, 4) is 5.75 Å². The molecule has 1 aliphatic rings. The first-order valence-electron chi connectivity index (χ1n) is 8.99. The van der Waals surface area contributed by atoms with Crippen LogP contribution in [0.2, 0.25) is 15.1 Å². The molecule has 0 saturated carbocycles. The number of rotatable bonds is 5. The average Bonchev–Trinajstić information content (AvgIpc) is 2.71. The number of ether oxygens (including phenoxy) is 1. The minimum absolute atomic E-state index is 0.0563. The molecule has 1 fully saturated rings. The van der Waals surface area contributed by atoms with Gasteiger partial charge in [-0.3, -0.25) is 14.9 Å². The summed E-state index contributed by atoms with van der Waals surface area (Å²) in [6.07, 6.45) is 3.08. The summed E-state index contributed by atoms with van der Waals surface area (Å²) in [5.41, 5.74) is 1.27. The van der Waals surface area contributed by atoms with Crippen LogP contribution in [0.25, 0.3) is 6.08 Å². The quantitative estimate of drug-likeness (QED) is 0.352. The molecule has 1 aliphatic heterocycles. The minimum atomic E-state index is -0.485. The van der Waals surface area contributed by atoms with Crippen molar-refractivity contribution < 1.29 is 14.5 Å². The lowest BCUT2D eigenvalue weighted by Gasteiger charge is -2.36. The second-order valence-corrected chi connectivity index (χ2v) is 7.80. The highest BCUT2D eigenvalue weighted by Crippen LogP contribution is 2.33. The fourth-order valence-electron chi connectivity index (χ4n) is 3.22. The van der Waals surface area contributed by atoms with Gasteiger partial charge in [0.15, 0.2) is 0 Å². The lowest BCUT2D eigenvalue weighted by atomic mass is 10.1. The number of nitrogens with zero attached hydrogens (tertiary/aromatic N) is 3. The lowest BCUT2D eigenvalue weighted by Crippen LogP contribution is -2.48. The molecule has 2 aromatic carbocycles. The largest absolute Gasteiger partial charge is 0.495 e. The molecule has 0 bridgehead atoms. The molecule has 0 radical (unpaired) electrons. The van der Waals surface area contributed by atoms with Gasteiger partial charge >= 0.3 is 0 Å². The first-order valence-corrected chi connectivity index (χ1v) is 10.1. The Hall–Kier alpha value is -2.48. The molecule has 0 unspecified atom stereocenters. The Balaban J connectivity index is 1.65. The van der Waals surface area contributed by atoms with Crippen LogP contribution >= 0.6 is 34.8 Å². The lowest BCUT2D eigenvalue weighted by molar-refractivity contribution is -0.384. The second-order valence-electron chi connectivity index (χ2n) is 6.55. The summed E-state index contributed by atoms with van der Waals surface area (Å²) in [7, 11) is 1.50. The molecule has 7 nitrogen and oxygen atoms in total. The van der Waals surface area contributed by atoms with Gasteiger partial charge in [-0.25, -0.2) is 0 Å². The van der Waals surface area contributed by atoms with Gasteiger partial charge in [0.1, 0.15) is 5.75 Å². The number of nitro benzene ring substituents is 1. The van der Waals surface area contributed by atoms with Gasteiger partial charge in [0.05, 0.1) is 27.8 Å². The van der Waals surface area contributed by atoms with Crippen LogP contribution in [0.5, 0.6) is 5.75 Å². The Bertz CT molecular complexity index is 1010. The summed E-state index contributed by atoms with van der Waals surface area (Å²) in [6, 6.07) is 7.63. The van der Waals surface area contributed by atoms with E-state index in [1.807, 2.05) is 4.90 Å². The van der Waals surface area contributed by atoms with E-state index in [0.717, 1.165) is 0 Å². The molecule has 3 rings (SSSR count). The predicted octanol–water partition coefficient (Wildman–Crippen LogP) is 4.93. The third-order valence-electron chi connectivity index (χ3n) is 4.72. The van der Waals surface area contributed by atoms with Crippen LogP contribution in [0.4, 0.5) is 11.4 Å². The average molecular weight is 471 g/mol. The highest BCUT2D eigenvalue weighted by Gasteiger charge is 2.22. The summed E-state index contributed by atoms with van der Waals surface area (Å²) in [5, 5.41) is 12.0. The molecule has 1 amide bonds. The van der Waals surface area contributed by atoms with Crippen LogP contribution in [0.1, 0.15) is 5.56 Å². The number of methoxy groups -OCH3 is 1. The fraction of sp³-hybridized carbons (Fsp3) is 0.250. The molecule has 158 valence electrons. The number of amides is 1. The smallest absolute Gasteiger partial charge is 0.271 e. The predicted molar refractivity (Wildman–Crippen MR) is 119 cm³/mol. The van der Waals surface area contributed by atoms with Crippen molar-refractivity contribution in [3.63, 3.8) is 0 Å². The first kappa shape index (κ1) is 22.2. The van der Waals surface area contributed by atoms with Crippen LogP contribution < -0.4 is 9.64 Å². The van der Waals surface area contributed by atoms with E-state index in [-0.39, 0.29) is 11.6 Å². The molecule has 2 aromatic rings. The minimum Gasteiger partial charge on any atom is -0.495 e. The summed E-state index contributed by atoms with van der Waals surface area (Å²) >= 11 is 18.4. The topological polar surface area (TPSA) is 75.9 Å². The van der Waals surface area contributed by atoms with Crippen LogP contribution in [-0.4, -0.2) is 49.0 Å². The zero-order chi connectivity index (χ0) is 21.8. The van der Waals surface area contributed by atoms with Crippen molar-refractivity contribution in [1.29, 1.82) is 0 Å². The number of non-ortho nitro benzene ring substituents is 1. The molecular formula is C20H18Cl3N3O4. The maximum absolute atomic E-state index is 12.6. The van der Waals surface area contributed by atoms with Crippen molar-refractivity contribution in [3.05, 3.63) is 67.2 Å². The van der Waals surface area contributed by atoms with E-state index < -0.39 is 4.92 Å². The van der Waals surface area contributed by atoms with E-state index in [9.17, 15) is 14.9 Å². The summed E-state index contributed by atoms with van der Waals surface area (Å²) in [6.45, 7) is 2.10. The number of anilines is 1. The van der Waals surface area contributed by atoms with Gasteiger partial charge in [0.2, 0.25) is 5.91 Å². The van der Waals surface area contributed by atoms with Crippen molar-refractivity contribution >= 4 is 58.2 Å². The van der Waals surface area contributed by atoms with Crippen LogP contribution in [0.15, 0.2) is 36.4 Å². The third-order valence-corrected chi connectivity index (χ3v) is 5.52. The van der Waals surface area contributed by atoms with Gasteiger partial charge < -0.3 is 14.5 Å². The number of piperazine rings is 1. The number of hydrogen-bond acceptors (Lipinski definition) is 5. The van der Waals surface area contributed by atoms with Gasteiger partial charge in [-0.1, -0.05) is 34.8 Å². The number of nitro groups is 1. The number of hydrogen-bond donors (Lipinski definition) is 0. The zero-order valence-electron chi connectivity index (χ0n) is 16.0. The molecule has 1 saturated heterocycles. The van der Waals surface area contributed by atoms with E-state index in [1.54, 1.807) is 29.2 Å². The monoisotopic (exact) mass is 469 g/mol. The molecular weight excluding hydrogens is 453 g/mol. The Morgan fingerprint density at radius 1 is 1.10 bits per heavy atom. The number of benzene rings is 2. The zero-order valence-corrected chi connectivity index (χ0v) is 18.2. The Morgan fingerprint density at radius 3 is 2.40 bits per heavy atom. The molecule has 0 atom stereocenters. The standard InChI is InChI=1S/C20H18Cl3N3O4/c1-30-20-13(10-14(21)11-17(20)23)2-5-19(27)25-8-6-24(7-9-25)18-4-3-15(26(28)29)12-16(18)22/h2-5,10-12H,6-9H2,1H3. The first-order chi connectivity index (χ1) is 14.3. The Labute approximate surface area is 188 Å². The summed E-state index contributed by atoms with van der Waals surface area (Å²) in [5.74, 6) is 0.297. The normalized spacial score (nSPS) is 14.3.